The van der Waals surface area contributed by atoms with Crippen molar-refractivity contribution in [1.29, 1.82) is 0 Å². The number of hydrogen-bond acceptors (Lipinski definition) is 7. The van der Waals surface area contributed by atoms with Gasteiger partial charge in [-0.05, 0) is 24.1 Å². The maximum absolute atomic E-state index is 12.1. The number of nitrogens with one attached hydrogen (secondary N) is 2. The summed E-state index contributed by atoms with van der Waals surface area (Å²) in [5.74, 6) is 1.18. The molecule has 136 valence electrons. The van der Waals surface area contributed by atoms with Crippen LogP contribution in [-0.2, 0) is 12.2 Å². The van der Waals surface area contributed by atoms with Gasteiger partial charge in [-0.2, -0.15) is 0 Å². The van der Waals surface area contributed by atoms with E-state index in [9.17, 15) is 4.79 Å². The Kier molecular flexibility index (Phi) is 5.45. The number of fused-ring (bicyclic) bond motifs is 1. The molecular formula is C19H17N5OS2. The number of rotatable bonds is 7. The van der Waals surface area contributed by atoms with E-state index in [0.29, 0.717) is 22.5 Å². The van der Waals surface area contributed by atoms with Crippen molar-refractivity contribution in [3.63, 3.8) is 0 Å². The van der Waals surface area contributed by atoms with Gasteiger partial charge >= 0.3 is 0 Å². The lowest BCUT2D eigenvalue weighted by atomic mass is 10.2. The number of nitrogens with zero attached hydrogens (tertiary/aromatic N) is 3. The van der Waals surface area contributed by atoms with Crippen LogP contribution in [0.3, 0.4) is 0 Å². The van der Waals surface area contributed by atoms with E-state index in [1.165, 1.54) is 28.7 Å². The minimum atomic E-state index is -0.114. The molecule has 2 N–H and O–H groups in total. The summed E-state index contributed by atoms with van der Waals surface area (Å²) < 4.78 is 0.841. The van der Waals surface area contributed by atoms with Crippen molar-refractivity contribution in [2.45, 2.75) is 16.5 Å². The molecule has 0 fully saturated rings. The SMILES string of the molecule is O=c1[nH]c(CSc2nnc(NCCc3ccccc3)s2)nc2ccccc12. The van der Waals surface area contributed by atoms with Gasteiger partial charge in [-0.15, -0.1) is 10.2 Å². The number of hydrogen-bond donors (Lipinski definition) is 2. The van der Waals surface area contributed by atoms with Gasteiger partial charge in [0.25, 0.3) is 5.56 Å². The fourth-order valence-electron chi connectivity index (χ4n) is 2.63. The van der Waals surface area contributed by atoms with E-state index >= 15 is 0 Å². The van der Waals surface area contributed by atoms with Gasteiger partial charge in [-0.25, -0.2) is 4.98 Å². The Hall–Kier alpha value is -2.71. The minimum Gasteiger partial charge on any atom is -0.360 e. The quantitative estimate of drug-likeness (QED) is 0.464. The van der Waals surface area contributed by atoms with Gasteiger partial charge in [0.05, 0.1) is 16.7 Å². The number of anilines is 1. The molecule has 27 heavy (non-hydrogen) atoms. The maximum atomic E-state index is 12.1. The van der Waals surface area contributed by atoms with Gasteiger partial charge in [0.2, 0.25) is 5.13 Å². The molecule has 2 aromatic heterocycles. The summed E-state index contributed by atoms with van der Waals surface area (Å²) in [5, 5.41) is 13.1. The average molecular weight is 396 g/mol. The third-order valence-corrected chi connectivity index (χ3v) is 5.96. The van der Waals surface area contributed by atoms with Gasteiger partial charge in [-0.1, -0.05) is 65.6 Å². The van der Waals surface area contributed by atoms with Crippen LogP contribution < -0.4 is 10.9 Å². The van der Waals surface area contributed by atoms with Gasteiger partial charge in [0.15, 0.2) is 4.34 Å². The van der Waals surface area contributed by atoms with Crippen LogP contribution in [0, 0.1) is 0 Å². The first-order valence-corrected chi connectivity index (χ1v) is 10.3. The average Bonchev–Trinajstić information content (AvgIpc) is 3.15. The topological polar surface area (TPSA) is 83.6 Å². The summed E-state index contributed by atoms with van der Waals surface area (Å²) in [5.41, 5.74) is 1.88. The minimum absolute atomic E-state index is 0.114. The molecule has 0 saturated carbocycles. The highest BCUT2D eigenvalue weighted by Crippen LogP contribution is 2.27. The van der Waals surface area contributed by atoms with Crippen molar-refractivity contribution in [3.05, 3.63) is 76.3 Å². The summed E-state index contributed by atoms with van der Waals surface area (Å²) in [7, 11) is 0. The van der Waals surface area contributed by atoms with Crippen molar-refractivity contribution in [2.24, 2.45) is 0 Å². The highest BCUT2D eigenvalue weighted by atomic mass is 32.2. The molecule has 0 saturated heterocycles. The molecule has 0 atom stereocenters. The zero-order chi connectivity index (χ0) is 18.5. The molecular weight excluding hydrogens is 378 g/mol. The zero-order valence-electron chi connectivity index (χ0n) is 14.4. The summed E-state index contributed by atoms with van der Waals surface area (Å²) in [4.78, 5) is 19.4. The molecule has 8 heteroatoms. The predicted octanol–water partition coefficient (Wildman–Crippen LogP) is 3.72. The Balaban J connectivity index is 1.34. The van der Waals surface area contributed by atoms with Crippen LogP contribution in [0.4, 0.5) is 5.13 Å². The Bertz CT molecular complexity index is 1090. The molecule has 0 aliphatic heterocycles. The largest absolute Gasteiger partial charge is 0.360 e. The summed E-state index contributed by atoms with van der Waals surface area (Å²) >= 11 is 3.02. The van der Waals surface area contributed by atoms with E-state index in [0.717, 1.165) is 22.4 Å². The van der Waals surface area contributed by atoms with Gasteiger partial charge in [-0.3, -0.25) is 4.79 Å². The molecule has 0 spiro atoms. The first-order chi connectivity index (χ1) is 13.3. The predicted molar refractivity (Wildman–Crippen MR) is 110 cm³/mol. The molecule has 0 aliphatic rings. The maximum Gasteiger partial charge on any atom is 0.258 e. The van der Waals surface area contributed by atoms with E-state index in [-0.39, 0.29) is 5.56 Å². The van der Waals surface area contributed by atoms with E-state index in [4.69, 9.17) is 0 Å². The summed E-state index contributed by atoms with van der Waals surface area (Å²) in [6.07, 6.45) is 0.936. The highest BCUT2D eigenvalue weighted by Gasteiger charge is 2.08. The number of thioether (sulfide) groups is 1. The molecule has 2 aromatic carbocycles. The second-order valence-corrected chi connectivity index (χ2v) is 8.05. The molecule has 2 heterocycles. The van der Waals surface area contributed by atoms with Crippen molar-refractivity contribution >= 4 is 39.1 Å². The smallest absolute Gasteiger partial charge is 0.258 e. The fraction of sp³-hybridized carbons (Fsp3) is 0.158. The second-order valence-electron chi connectivity index (χ2n) is 5.85. The molecule has 0 amide bonds. The fourth-order valence-corrected chi connectivity index (χ4v) is 4.28. The van der Waals surface area contributed by atoms with E-state index in [2.05, 4.69) is 37.6 Å². The molecule has 0 unspecified atom stereocenters. The molecule has 4 aromatic rings. The summed E-state index contributed by atoms with van der Waals surface area (Å²) in [6, 6.07) is 17.7. The second kappa shape index (κ2) is 8.32. The molecule has 4 rings (SSSR count). The number of benzene rings is 2. The van der Waals surface area contributed by atoms with Crippen molar-refractivity contribution < 1.29 is 0 Å². The lowest BCUT2D eigenvalue weighted by Crippen LogP contribution is -2.11. The standard InChI is InChI=1S/C19H17N5OS2/c25-17-14-8-4-5-9-15(14)21-16(22-17)12-26-19-24-23-18(27-19)20-11-10-13-6-2-1-3-7-13/h1-9H,10-12H2,(H,20,23)(H,21,22,25). The van der Waals surface area contributed by atoms with Crippen LogP contribution in [0.1, 0.15) is 11.4 Å². The van der Waals surface area contributed by atoms with E-state index in [1.54, 1.807) is 6.07 Å². The van der Waals surface area contributed by atoms with Crippen LogP contribution in [-0.4, -0.2) is 26.7 Å². The summed E-state index contributed by atoms with van der Waals surface area (Å²) in [6.45, 7) is 0.808. The van der Waals surface area contributed by atoms with Crippen LogP contribution in [0.2, 0.25) is 0 Å². The van der Waals surface area contributed by atoms with Gasteiger partial charge < -0.3 is 10.3 Å². The number of para-hydroxylation sites is 1. The van der Waals surface area contributed by atoms with Crippen LogP contribution in [0.5, 0.6) is 0 Å². The third-order valence-electron chi connectivity index (χ3n) is 3.93. The van der Waals surface area contributed by atoms with E-state index in [1.807, 2.05) is 36.4 Å². The van der Waals surface area contributed by atoms with E-state index < -0.39 is 0 Å². The first-order valence-electron chi connectivity index (χ1n) is 8.50. The van der Waals surface area contributed by atoms with Gasteiger partial charge in [0.1, 0.15) is 5.82 Å². The molecule has 0 aliphatic carbocycles. The normalized spacial score (nSPS) is 11.0. The van der Waals surface area contributed by atoms with Gasteiger partial charge in [0, 0.05) is 6.54 Å². The van der Waals surface area contributed by atoms with Crippen LogP contribution in [0.15, 0.2) is 63.7 Å². The molecule has 0 bridgehead atoms. The highest BCUT2D eigenvalue weighted by molar-refractivity contribution is 8.00. The number of aromatic amines is 1. The monoisotopic (exact) mass is 395 g/mol. The third kappa shape index (κ3) is 4.53. The molecule has 6 nitrogen and oxygen atoms in total. The van der Waals surface area contributed by atoms with Crippen LogP contribution >= 0.6 is 23.1 Å². The first kappa shape index (κ1) is 17.7. The van der Waals surface area contributed by atoms with Crippen molar-refractivity contribution in [2.75, 3.05) is 11.9 Å². The van der Waals surface area contributed by atoms with Crippen LogP contribution in [0.25, 0.3) is 10.9 Å². The number of H-pyrrole nitrogens is 1. The number of aromatic nitrogens is 4. The zero-order valence-corrected chi connectivity index (χ0v) is 16.0. The van der Waals surface area contributed by atoms with Crippen molar-refractivity contribution in [3.8, 4) is 0 Å². The Morgan fingerprint density at radius 1 is 1.04 bits per heavy atom. The Morgan fingerprint density at radius 3 is 2.74 bits per heavy atom. The lowest BCUT2D eigenvalue weighted by molar-refractivity contribution is 0.970. The Labute approximate surface area is 164 Å². The molecule has 0 radical (unpaired) electrons. The Morgan fingerprint density at radius 2 is 1.85 bits per heavy atom. The van der Waals surface area contributed by atoms with Crippen molar-refractivity contribution in [1.82, 2.24) is 20.2 Å². The lowest BCUT2D eigenvalue weighted by Gasteiger charge is -2.02.